The summed E-state index contributed by atoms with van der Waals surface area (Å²) in [6.45, 7) is 0. The summed E-state index contributed by atoms with van der Waals surface area (Å²) in [5.74, 6) is -0.0785. The zero-order chi connectivity index (χ0) is 19.3. The number of carbonyl (C=O) groups is 1. The molecule has 2 N–H and O–H groups in total. The Morgan fingerprint density at radius 1 is 1.04 bits per heavy atom. The van der Waals surface area contributed by atoms with Gasteiger partial charge < -0.3 is 5.73 Å². The second kappa shape index (κ2) is 6.53. The molecular formula is C23H17FN2OS. The van der Waals surface area contributed by atoms with Crippen LogP contribution in [0.1, 0.15) is 22.5 Å². The third-order valence-electron chi connectivity index (χ3n) is 5.10. The van der Waals surface area contributed by atoms with Gasteiger partial charge in [-0.05, 0) is 42.2 Å². The number of ketones is 1. The molecule has 1 aliphatic carbocycles. The van der Waals surface area contributed by atoms with Crippen LogP contribution < -0.4 is 5.73 Å². The molecule has 0 atom stereocenters. The number of rotatable bonds is 4. The summed E-state index contributed by atoms with van der Waals surface area (Å²) < 4.78 is 13.5. The van der Waals surface area contributed by atoms with Crippen molar-refractivity contribution in [3.63, 3.8) is 0 Å². The first kappa shape index (κ1) is 17.1. The van der Waals surface area contributed by atoms with Crippen LogP contribution in [0.5, 0.6) is 0 Å². The first-order valence-corrected chi connectivity index (χ1v) is 10.0. The lowest BCUT2D eigenvalue weighted by Gasteiger charge is -2.09. The van der Waals surface area contributed by atoms with Gasteiger partial charge in [0.05, 0.1) is 16.3 Å². The lowest BCUT2D eigenvalue weighted by Crippen LogP contribution is -2.01. The maximum Gasteiger partial charge on any atom is 0.178 e. The molecule has 1 aliphatic rings. The van der Waals surface area contributed by atoms with E-state index >= 15 is 0 Å². The van der Waals surface area contributed by atoms with Gasteiger partial charge in [0, 0.05) is 16.9 Å². The molecule has 2 heterocycles. The smallest absolute Gasteiger partial charge is 0.178 e. The Labute approximate surface area is 165 Å². The van der Waals surface area contributed by atoms with Crippen LogP contribution in [-0.2, 0) is 0 Å². The first-order valence-electron chi connectivity index (χ1n) is 9.20. The van der Waals surface area contributed by atoms with Crippen molar-refractivity contribution < 1.29 is 9.18 Å². The second-order valence-electron chi connectivity index (χ2n) is 7.09. The molecule has 0 radical (unpaired) electrons. The molecule has 0 amide bonds. The fourth-order valence-electron chi connectivity index (χ4n) is 3.45. The van der Waals surface area contributed by atoms with E-state index in [0.717, 1.165) is 45.4 Å². The number of benzene rings is 2. The maximum absolute atomic E-state index is 13.5. The van der Waals surface area contributed by atoms with E-state index in [1.807, 2.05) is 36.4 Å². The van der Waals surface area contributed by atoms with Gasteiger partial charge in [0.2, 0.25) is 0 Å². The second-order valence-corrected chi connectivity index (χ2v) is 8.09. The molecule has 5 heteroatoms. The van der Waals surface area contributed by atoms with Gasteiger partial charge in [-0.25, -0.2) is 9.37 Å². The quantitative estimate of drug-likeness (QED) is 0.440. The van der Waals surface area contributed by atoms with E-state index in [0.29, 0.717) is 10.6 Å². The predicted octanol–water partition coefficient (Wildman–Crippen LogP) is 5.94. The summed E-state index contributed by atoms with van der Waals surface area (Å²) in [5, 5.41) is 0.778. The highest BCUT2D eigenvalue weighted by Gasteiger charge is 2.33. The summed E-state index contributed by atoms with van der Waals surface area (Å²) in [6, 6.07) is 18.2. The van der Waals surface area contributed by atoms with Gasteiger partial charge in [-0.1, -0.05) is 42.5 Å². The van der Waals surface area contributed by atoms with Gasteiger partial charge in [-0.3, -0.25) is 4.79 Å². The number of nitrogens with zero attached hydrogens (tertiary/aromatic N) is 1. The van der Waals surface area contributed by atoms with Crippen LogP contribution in [-0.4, -0.2) is 10.8 Å². The molecule has 2 aromatic carbocycles. The summed E-state index contributed by atoms with van der Waals surface area (Å²) in [5.41, 5.74) is 10.4. The van der Waals surface area contributed by atoms with Gasteiger partial charge in [0.1, 0.15) is 10.6 Å². The standard InChI is InChI=1S/C23H17FN2OS/c24-16-10-8-13(9-11-16)17-12-18(14-4-2-1-3-5-14)26-23-19(17)20(25)22(28-23)21(27)15-6-7-15/h1-5,8-12,15H,6-7,25H2. The Hall–Kier alpha value is -3.05. The Morgan fingerprint density at radius 3 is 2.43 bits per heavy atom. The Bertz CT molecular complexity index is 1190. The number of halogens is 1. The Kier molecular flexibility index (Phi) is 3.98. The molecule has 0 saturated heterocycles. The number of pyridine rings is 1. The molecule has 4 aromatic rings. The van der Waals surface area contributed by atoms with Crippen LogP contribution in [0.25, 0.3) is 32.6 Å². The number of carbonyl (C=O) groups excluding carboxylic acids is 1. The van der Waals surface area contributed by atoms with E-state index in [1.165, 1.54) is 23.5 Å². The molecule has 28 heavy (non-hydrogen) atoms. The SMILES string of the molecule is Nc1c(C(=O)C2CC2)sc2nc(-c3ccccc3)cc(-c3ccc(F)cc3)c12. The van der Waals surface area contributed by atoms with Crippen molar-refractivity contribution in [3.8, 4) is 22.4 Å². The number of fused-ring (bicyclic) bond motifs is 1. The van der Waals surface area contributed by atoms with E-state index in [4.69, 9.17) is 10.7 Å². The normalized spacial score (nSPS) is 13.8. The van der Waals surface area contributed by atoms with Crippen molar-refractivity contribution in [2.75, 3.05) is 5.73 Å². The summed E-state index contributed by atoms with van der Waals surface area (Å²) in [4.78, 5) is 18.8. The van der Waals surface area contributed by atoms with E-state index < -0.39 is 0 Å². The van der Waals surface area contributed by atoms with E-state index in [9.17, 15) is 9.18 Å². The number of nitrogens with two attached hydrogens (primary N) is 1. The van der Waals surface area contributed by atoms with Crippen LogP contribution in [0, 0.1) is 11.7 Å². The van der Waals surface area contributed by atoms with Crippen LogP contribution >= 0.6 is 11.3 Å². The van der Waals surface area contributed by atoms with Crippen molar-refractivity contribution in [1.82, 2.24) is 4.98 Å². The van der Waals surface area contributed by atoms with Crippen LogP contribution in [0.3, 0.4) is 0 Å². The largest absolute Gasteiger partial charge is 0.397 e. The van der Waals surface area contributed by atoms with Crippen molar-refractivity contribution in [1.29, 1.82) is 0 Å². The highest BCUT2D eigenvalue weighted by molar-refractivity contribution is 7.21. The highest BCUT2D eigenvalue weighted by atomic mass is 32.1. The molecule has 0 spiro atoms. The molecular weight excluding hydrogens is 371 g/mol. The fraction of sp³-hybridized carbons (Fsp3) is 0.130. The number of anilines is 1. The number of hydrogen-bond acceptors (Lipinski definition) is 4. The third kappa shape index (κ3) is 2.88. The number of Topliss-reactive ketones (excluding diaryl/α,β-unsaturated/α-hetero) is 1. The van der Waals surface area contributed by atoms with Crippen LogP contribution in [0.2, 0.25) is 0 Å². The van der Waals surface area contributed by atoms with Gasteiger partial charge >= 0.3 is 0 Å². The molecule has 2 aromatic heterocycles. The molecule has 1 saturated carbocycles. The Balaban J connectivity index is 1.78. The highest BCUT2D eigenvalue weighted by Crippen LogP contribution is 2.44. The summed E-state index contributed by atoms with van der Waals surface area (Å²) in [6.07, 6.45) is 1.86. The van der Waals surface area contributed by atoms with Crippen LogP contribution in [0.15, 0.2) is 60.7 Å². The molecule has 138 valence electrons. The molecule has 0 aliphatic heterocycles. The molecule has 5 rings (SSSR count). The van der Waals surface area contributed by atoms with Crippen molar-refractivity contribution in [2.45, 2.75) is 12.8 Å². The first-order chi connectivity index (χ1) is 13.6. The molecule has 1 fully saturated rings. The van der Waals surface area contributed by atoms with Crippen molar-refractivity contribution in [3.05, 3.63) is 71.4 Å². The zero-order valence-electron chi connectivity index (χ0n) is 15.0. The van der Waals surface area contributed by atoms with Crippen molar-refractivity contribution in [2.24, 2.45) is 5.92 Å². The average Bonchev–Trinajstić information content (AvgIpc) is 3.52. The number of thiophene rings is 1. The predicted molar refractivity (Wildman–Crippen MR) is 112 cm³/mol. The monoisotopic (exact) mass is 388 g/mol. The lowest BCUT2D eigenvalue weighted by atomic mass is 9.99. The van der Waals surface area contributed by atoms with Crippen LogP contribution in [0.4, 0.5) is 10.1 Å². The topological polar surface area (TPSA) is 56.0 Å². The van der Waals surface area contributed by atoms with Gasteiger partial charge in [0.25, 0.3) is 0 Å². The average molecular weight is 388 g/mol. The van der Waals surface area contributed by atoms with E-state index in [1.54, 1.807) is 12.1 Å². The summed E-state index contributed by atoms with van der Waals surface area (Å²) >= 11 is 1.36. The van der Waals surface area contributed by atoms with Gasteiger partial charge in [0.15, 0.2) is 5.78 Å². The minimum atomic E-state index is -0.291. The zero-order valence-corrected chi connectivity index (χ0v) is 15.8. The molecule has 3 nitrogen and oxygen atoms in total. The van der Waals surface area contributed by atoms with E-state index in [2.05, 4.69) is 0 Å². The lowest BCUT2D eigenvalue weighted by molar-refractivity contribution is 0.0972. The number of aromatic nitrogens is 1. The minimum Gasteiger partial charge on any atom is -0.397 e. The number of hydrogen-bond donors (Lipinski definition) is 1. The van der Waals surface area contributed by atoms with Crippen molar-refractivity contribution >= 4 is 33.0 Å². The Morgan fingerprint density at radius 2 is 1.75 bits per heavy atom. The van der Waals surface area contributed by atoms with Gasteiger partial charge in [-0.2, -0.15) is 0 Å². The van der Waals surface area contributed by atoms with E-state index in [-0.39, 0.29) is 17.5 Å². The molecule has 0 unspecified atom stereocenters. The summed E-state index contributed by atoms with van der Waals surface area (Å²) in [7, 11) is 0. The fourth-order valence-corrected chi connectivity index (χ4v) is 4.59. The number of nitrogen functional groups attached to an aromatic ring is 1. The maximum atomic E-state index is 13.5. The third-order valence-corrected chi connectivity index (χ3v) is 6.21. The minimum absolute atomic E-state index is 0.0956. The molecule has 0 bridgehead atoms. The van der Waals surface area contributed by atoms with Gasteiger partial charge in [-0.15, -0.1) is 11.3 Å².